The maximum absolute atomic E-state index is 12.6. The highest BCUT2D eigenvalue weighted by Crippen LogP contribution is 2.34. The number of benzene rings is 2. The van der Waals surface area contributed by atoms with Crippen molar-refractivity contribution in [2.75, 3.05) is 26.3 Å². The predicted molar refractivity (Wildman–Crippen MR) is 110 cm³/mol. The third kappa shape index (κ3) is 5.04. The number of hydrogen-bond acceptors (Lipinski definition) is 4. The largest absolute Gasteiger partial charge is 0.486 e. The highest BCUT2D eigenvalue weighted by Gasteiger charge is 2.19. The number of carbonyl (C=O) groups excluding carboxylic acids is 2. The maximum atomic E-state index is 12.6. The summed E-state index contributed by atoms with van der Waals surface area (Å²) in [7, 11) is 0. The Bertz CT molecular complexity index is 839. The second-order valence-electron chi connectivity index (χ2n) is 6.36. The van der Waals surface area contributed by atoms with E-state index < -0.39 is 0 Å². The van der Waals surface area contributed by atoms with E-state index in [1.165, 1.54) is 0 Å². The summed E-state index contributed by atoms with van der Waals surface area (Å²) >= 11 is 3.34. The van der Waals surface area contributed by atoms with Gasteiger partial charge in [-0.15, -0.1) is 0 Å². The van der Waals surface area contributed by atoms with Gasteiger partial charge in [0, 0.05) is 41.7 Å². The van der Waals surface area contributed by atoms with Crippen LogP contribution in [-0.2, 0) is 11.3 Å². The molecule has 7 heteroatoms. The van der Waals surface area contributed by atoms with E-state index in [0.717, 1.165) is 10.0 Å². The molecule has 1 aliphatic heterocycles. The Morgan fingerprint density at radius 3 is 2.61 bits per heavy atom. The van der Waals surface area contributed by atoms with E-state index in [0.29, 0.717) is 43.4 Å². The molecule has 2 aromatic carbocycles. The van der Waals surface area contributed by atoms with Gasteiger partial charge in [0.05, 0.1) is 0 Å². The minimum Gasteiger partial charge on any atom is -0.486 e. The molecule has 0 unspecified atom stereocenters. The minimum atomic E-state index is -0.189. The molecule has 1 N–H and O–H groups in total. The molecule has 0 fully saturated rings. The van der Waals surface area contributed by atoms with Crippen molar-refractivity contribution in [3.05, 3.63) is 58.1 Å². The zero-order valence-electron chi connectivity index (χ0n) is 15.7. The van der Waals surface area contributed by atoms with Crippen molar-refractivity contribution >= 4 is 27.7 Å². The van der Waals surface area contributed by atoms with Gasteiger partial charge in [-0.2, -0.15) is 0 Å². The van der Waals surface area contributed by atoms with E-state index in [1.54, 1.807) is 17.0 Å². The molecular weight excluding hydrogens is 424 g/mol. The van der Waals surface area contributed by atoms with Crippen LogP contribution in [-0.4, -0.2) is 43.0 Å². The zero-order chi connectivity index (χ0) is 19.9. The second kappa shape index (κ2) is 9.59. The number of carbonyl (C=O) groups is 2. The molecule has 3 rings (SSSR count). The predicted octanol–water partition coefficient (Wildman–Crippen LogP) is 3.39. The Kier molecular flexibility index (Phi) is 6.92. The van der Waals surface area contributed by atoms with Gasteiger partial charge in [0.15, 0.2) is 11.5 Å². The summed E-state index contributed by atoms with van der Waals surface area (Å²) in [4.78, 5) is 26.5. The van der Waals surface area contributed by atoms with E-state index in [9.17, 15) is 9.59 Å². The quantitative estimate of drug-likeness (QED) is 0.707. The van der Waals surface area contributed by atoms with Gasteiger partial charge in [-0.3, -0.25) is 9.59 Å². The van der Waals surface area contributed by atoms with Crippen LogP contribution in [0.25, 0.3) is 0 Å². The maximum Gasteiger partial charge on any atom is 0.251 e. The molecule has 28 heavy (non-hydrogen) atoms. The first-order chi connectivity index (χ1) is 13.6. The Morgan fingerprint density at radius 2 is 1.86 bits per heavy atom. The van der Waals surface area contributed by atoms with Crippen LogP contribution in [0, 0.1) is 0 Å². The highest BCUT2D eigenvalue weighted by atomic mass is 79.9. The molecule has 0 saturated heterocycles. The molecule has 0 atom stereocenters. The Hall–Kier alpha value is -2.54. The molecule has 0 spiro atoms. The van der Waals surface area contributed by atoms with Crippen molar-refractivity contribution < 1.29 is 19.1 Å². The standard InChI is InChI=1S/C21H23BrN2O4/c1-2-24(14-16-4-3-5-18-20(16)28-13-12-27-18)19(25)10-11-23-21(26)15-6-8-17(22)9-7-15/h3-9H,2,10-14H2,1H3,(H,23,26). The number of halogens is 1. The summed E-state index contributed by atoms with van der Waals surface area (Å²) < 4.78 is 12.2. The smallest absolute Gasteiger partial charge is 0.251 e. The topological polar surface area (TPSA) is 67.9 Å². The minimum absolute atomic E-state index is 0.0204. The van der Waals surface area contributed by atoms with E-state index >= 15 is 0 Å². The molecule has 0 saturated carbocycles. The summed E-state index contributed by atoms with van der Waals surface area (Å²) in [6.45, 7) is 4.28. The lowest BCUT2D eigenvalue weighted by molar-refractivity contribution is -0.131. The fourth-order valence-electron chi connectivity index (χ4n) is 2.98. The van der Waals surface area contributed by atoms with Gasteiger partial charge in [0.2, 0.25) is 5.91 Å². The van der Waals surface area contributed by atoms with Crippen molar-refractivity contribution in [3.8, 4) is 11.5 Å². The third-order valence-electron chi connectivity index (χ3n) is 4.47. The van der Waals surface area contributed by atoms with Gasteiger partial charge in [-0.25, -0.2) is 0 Å². The van der Waals surface area contributed by atoms with Gasteiger partial charge in [0.1, 0.15) is 13.2 Å². The lowest BCUT2D eigenvalue weighted by Gasteiger charge is -2.25. The van der Waals surface area contributed by atoms with Crippen LogP contribution in [0.3, 0.4) is 0 Å². The summed E-state index contributed by atoms with van der Waals surface area (Å²) in [6.07, 6.45) is 0.239. The molecule has 1 aliphatic rings. The Morgan fingerprint density at radius 1 is 1.11 bits per heavy atom. The number of rotatable bonds is 7. The number of amides is 2. The molecule has 148 valence electrons. The fraction of sp³-hybridized carbons (Fsp3) is 0.333. The first-order valence-electron chi connectivity index (χ1n) is 9.27. The fourth-order valence-corrected chi connectivity index (χ4v) is 3.25. The van der Waals surface area contributed by atoms with Gasteiger partial charge in [-0.05, 0) is 37.3 Å². The van der Waals surface area contributed by atoms with Crippen molar-refractivity contribution in [1.29, 1.82) is 0 Å². The van der Waals surface area contributed by atoms with E-state index in [-0.39, 0.29) is 24.8 Å². The van der Waals surface area contributed by atoms with Gasteiger partial charge >= 0.3 is 0 Å². The monoisotopic (exact) mass is 446 g/mol. The average molecular weight is 447 g/mol. The summed E-state index contributed by atoms with van der Waals surface area (Å²) in [5, 5.41) is 2.80. The van der Waals surface area contributed by atoms with Crippen molar-refractivity contribution in [1.82, 2.24) is 10.2 Å². The van der Waals surface area contributed by atoms with Crippen LogP contribution in [0.1, 0.15) is 29.3 Å². The second-order valence-corrected chi connectivity index (χ2v) is 7.28. The molecular formula is C21H23BrN2O4. The number of hydrogen-bond donors (Lipinski definition) is 1. The normalized spacial score (nSPS) is 12.4. The van der Waals surface area contributed by atoms with Crippen LogP contribution in [0.5, 0.6) is 11.5 Å². The Balaban J connectivity index is 1.54. The van der Waals surface area contributed by atoms with Gasteiger partial charge < -0.3 is 19.7 Å². The lowest BCUT2D eigenvalue weighted by atomic mass is 10.1. The molecule has 2 aromatic rings. The number of nitrogens with zero attached hydrogens (tertiary/aromatic N) is 1. The molecule has 6 nitrogen and oxygen atoms in total. The van der Waals surface area contributed by atoms with E-state index in [4.69, 9.17) is 9.47 Å². The van der Waals surface area contributed by atoms with Crippen LogP contribution in [0.15, 0.2) is 46.9 Å². The summed E-state index contributed by atoms with van der Waals surface area (Å²) in [5.74, 6) is 1.22. The van der Waals surface area contributed by atoms with Crippen LogP contribution < -0.4 is 14.8 Å². The number of ether oxygens (including phenoxy) is 2. The molecule has 0 aliphatic carbocycles. The van der Waals surface area contributed by atoms with Crippen molar-refractivity contribution in [2.24, 2.45) is 0 Å². The first kappa shape index (κ1) is 20.2. The first-order valence-corrected chi connectivity index (χ1v) is 10.1. The van der Waals surface area contributed by atoms with Crippen molar-refractivity contribution in [2.45, 2.75) is 19.9 Å². The average Bonchev–Trinajstić information content (AvgIpc) is 2.72. The van der Waals surface area contributed by atoms with Crippen LogP contribution in [0.2, 0.25) is 0 Å². The van der Waals surface area contributed by atoms with Gasteiger partial charge in [-0.1, -0.05) is 28.1 Å². The van der Waals surface area contributed by atoms with Crippen LogP contribution in [0.4, 0.5) is 0 Å². The van der Waals surface area contributed by atoms with Gasteiger partial charge in [0.25, 0.3) is 5.91 Å². The molecule has 0 aromatic heterocycles. The number of para-hydroxylation sites is 1. The lowest BCUT2D eigenvalue weighted by Crippen LogP contribution is -2.34. The molecule has 1 heterocycles. The van der Waals surface area contributed by atoms with Crippen molar-refractivity contribution in [3.63, 3.8) is 0 Å². The SMILES string of the molecule is CCN(Cc1cccc2c1OCCO2)C(=O)CCNC(=O)c1ccc(Br)cc1. The molecule has 0 radical (unpaired) electrons. The summed E-state index contributed by atoms with van der Waals surface area (Å²) in [5.41, 5.74) is 1.49. The third-order valence-corrected chi connectivity index (χ3v) is 5.00. The zero-order valence-corrected chi connectivity index (χ0v) is 17.3. The van der Waals surface area contributed by atoms with E-state index in [1.807, 2.05) is 37.3 Å². The molecule has 0 bridgehead atoms. The number of nitrogens with one attached hydrogen (secondary N) is 1. The summed E-state index contributed by atoms with van der Waals surface area (Å²) in [6, 6.07) is 12.8. The Labute approximate surface area is 172 Å². The highest BCUT2D eigenvalue weighted by molar-refractivity contribution is 9.10. The number of fused-ring (bicyclic) bond motifs is 1. The van der Waals surface area contributed by atoms with E-state index in [2.05, 4.69) is 21.2 Å². The van der Waals surface area contributed by atoms with Crippen LogP contribution >= 0.6 is 15.9 Å². The molecule has 2 amide bonds.